The number of aromatic nitrogens is 6. The Morgan fingerprint density at radius 2 is 0.905 bits per heavy atom. The van der Waals surface area contributed by atoms with E-state index < -0.39 is 160 Å². The number of oxime groups is 1. The van der Waals surface area contributed by atoms with Gasteiger partial charge in [-0.3, -0.25) is 48.2 Å². The fraction of sp³-hybridized carbons (Fsp3) is 0.473. The molecule has 126 heavy (non-hydrogen) atoms. The molecule has 12 atom stereocenters. The van der Waals surface area contributed by atoms with Crippen LogP contribution in [0.15, 0.2) is 151 Å². The molecule has 6 aliphatic heterocycles. The Morgan fingerprint density at radius 3 is 1.27 bits per heavy atom. The Morgan fingerprint density at radius 1 is 0.532 bits per heavy atom. The van der Waals surface area contributed by atoms with Gasteiger partial charge in [0, 0.05) is 46.4 Å². The molecule has 0 radical (unpaired) electrons. The summed E-state index contributed by atoms with van der Waals surface area (Å²) in [7, 11) is 3.99. The lowest BCUT2D eigenvalue weighted by Gasteiger charge is -2.37. The quantitative estimate of drug-likeness (QED) is 0.0132. The highest BCUT2D eigenvalue weighted by molar-refractivity contribution is 6.00. The van der Waals surface area contributed by atoms with Crippen molar-refractivity contribution in [3.05, 3.63) is 179 Å². The van der Waals surface area contributed by atoms with Crippen molar-refractivity contribution in [2.75, 3.05) is 34.3 Å². The van der Waals surface area contributed by atoms with Crippen LogP contribution in [0.5, 0.6) is 11.5 Å². The largest absolute Gasteiger partial charge is 0.487 e. The molecular formula is C91H116N18O17. The van der Waals surface area contributed by atoms with Gasteiger partial charge in [0.25, 0.3) is 0 Å². The number of rotatable bonds is 14. The molecule has 0 unspecified atom stereocenters. The van der Waals surface area contributed by atoms with Crippen molar-refractivity contribution in [3.63, 3.8) is 0 Å². The van der Waals surface area contributed by atoms with Crippen LogP contribution in [0.1, 0.15) is 155 Å². The highest BCUT2D eigenvalue weighted by Gasteiger charge is 2.51. The minimum atomic E-state index is -1.46. The lowest BCUT2D eigenvalue weighted by molar-refractivity contribution is -0.146. The first kappa shape index (κ1) is 93.5. The van der Waals surface area contributed by atoms with Gasteiger partial charge >= 0.3 is 18.2 Å². The zero-order valence-corrected chi connectivity index (χ0v) is 74.3. The van der Waals surface area contributed by atoms with E-state index in [1.807, 2.05) is 84.9 Å². The van der Waals surface area contributed by atoms with Crippen LogP contribution in [0.4, 0.5) is 9.59 Å². The normalized spacial score (nSPS) is 20.7. The maximum Gasteiger partial charge on any atom is 0.410 e. The number of carbonyl (C=O) groups is 11. The summed E-state index contributed by atoms with van der Waals surface area (Å²) in [6, 6.07) is 24.5. The maximum atomic E-state index is 15.9. The smallest absolute Gasteiger partial charge is 0.410 e. The standard InChI is InChI=1S/C91H116N18O17/c1-52(104(15)86(119)125-90(9,10)11)77(110)97-74(88(3,4)5)83(116)106-40-38-70-72(106)81(114)94-67(46-56-26-32-58-22-18-20-24-60(58)42-56)79(112)93-66(76(92)101-121)44-54-28-34-64(35-29-54)123-50-62-48-109(103-99-62)71-39-41-107(84(117)75(89(6,7)8)98-78(111)53(2)105(16)87(120)126-91(12,13)14)73(71)82(115)95-68(47-57-27-33-59-23-19-21-25-61(59)43-57)80(113)96-69(85(118)122-17)45-55-30-36-65(37-31-55)124-51-63-49-108(70)102-100-63/h18-37,42-43,48-49,52-53,66-75,121H,38-41,44-47,50-51H2,1-17H3,(H2,92,101)(H,93,112)(H,94,114)(H,95,115)(H,96,113)(H,97,110)(H,98,111)/t52-,53-,66-,67-,68-,69-,70+,71+,72-,73-,74+,75+/m0/s1. The van der Waals surface area contributed by atoms with E-state index in [2.05, 4.69) is 57.7 Å². The second-order valence-corrected chi connectivity index (χ2v) is 36.5. The molecule has 35 nitrogen and oxygen atoms in total. The first-order valence-corrected chi connectivity index (χ1v) is 42.0. The highest BCUT2D eigenvalue weighted by atomic mass is 16.6. The number of hydrogen-bond acceptors (Lipinski definition) is 22. The Labute approximate surface area is 731 Å². The van der Waals surface area contributed by atoms with E-state index in [0.29, 0.717) is 33.8 Å². The third kappa shape index (κ3) is 23.4. The number of likely N-dealkylation sites (tertiary alicyclic amines) is 2. The van der Waals surface area contributed by atoms with Gasteiger partial charge in [-0.1, -0.05) is 166 Å². The summed E-state index contributed by atoms with van der Waals surface area (Å²) in [6.07, 6.45) is 1.34. The Balaban J connectivity index is 0.950. The van der Waals surface area contributed by atoms with E-state index in [1.54, 1.807) is 144 Å². The number of carbonyl (C=O) groups excluding carboxylic acids is 11. The van der Waals surface area contributed by atoms with E-state index in [0.717, 1.165) is 31.3 Å². The van der Waals surface area contributed by atoms with Gasteiger partial charge in [-0.15, -0.1) is 10.2 Å². The number of nitrogens with one attached hydrogen (secondary N) is 6. The van der Waals surface area contributed by atoms with Crippen LogP contribution >= 0.6 is 0 Å². The van der Waals surface area contributed by atoms with E-state index >= 15 is 28.8 Å². The lowest BCUT2D eigenvalue weighted by atomic mass is 9.85. The number of ether oxygens (including phenoxy) is 5. The monoisotopic (exact) mass is 1730 g/mol. The number of amidine groups is 1. The van der Waals surface area contributed by atoms with Crippen LogP contribution in [-0.2, 0) is 96.3 Å². The molecule has 35 heteroatoms. The third-order valence-electron chi connectivity index (χ3n) is 22.6. The third-order valence-corrected chi connectivity index (χ3v) is 22.6. The number of esters is 1. The van der Waals surface area contributed by atoms with Gasteiger partial charge in [0.2, 0.25) is 47.3 Å². The average Bonchev–Trinajstić information content (AvgIpc) is 1.61. The molecule has 2 fully saturated rings. The molecule has 6 aliphatic rings. The molecule has 0 saturated carbocycles. The zero-order chi connectivity index (χ0) is 91.6. The summed E-state index contributed by atoms with van der Waals surface area (Å²) in [5, 5.41) is 52.6. The molecule has 6 aromatic carbocycles. The number of nitrogens with two attached hydrogens (primary N) is 1. The number of amides is 10. The van der Waals surface area contributed by atoms with Gasteiger partial charge in [0.15, 0.2) is 5.84 Å². The molecular weight excluding hydrogens is 1620 g/mol. The van der Waals surface area contributed by atoms with Gasteiger partial charge in [0.05, 0.1) is 37.6 Å². The number of methoxy groups -OCH3 is 1. The van der Waals surface area contributed by atoms with Gasteiger partial charge in [-0.2, -0.15) is 0 Å². The van der Waals surface area contributed by atoms with Crippen molar-refractivity contribution in [3.8, 4) is 11.5 Å². The molecule has 14 rings (SSSR count). The van der Waals surface area contributed by atoms with Crippen molar-refractivity contribution in [1.82, 2.24) is 81.5 Å². The van der Waals surface area contributed by atoms with E-state index in [-0.39, 0.29) is 82.1 Å². The lowest BCUT2D eigenvalue weighted by Crippen LogP contribution is -2.62. The molecule has 0 spiro atoms. The number of fused-ring (bicyclic) bond motifs is 2. The predicted octanol–water partition coefficient (Wildman–Crippen LogP) is 7.33. The molecule has 8 heterocycles. The molecule has 8 aromatic rings. The average molecular weight is 1730 g/mol. The van der Waals surface area contributed by atoms with Gasteiger partial charge in [-0.05, 0) is 154 Å². The first-order valence-electron chi connectivity index (χ1n) is 42.0. The summed E-state index contributed by atoms with van der Waals surface area (Å²) >= 11 is 0. The topological polar surface area (TPSA) is 439 Å². The van der Waals surface area contributed by atoms with Gasteiger partial charge in [0.1, 0.15) is 102 Å². The minimum absolute atomic E-state index is 0.0658. The zero-order valence-electron chi connectivity index (χ0n) is 74.3. The minimum Gasteiger partial charge on any atom is -0.487 e. The highest BCUT2D eigenvalue weighted by Crippen LogP contribution is 2.36. The van der Waals surface area contributed by atoms with Crippen LogP contribution in [0.2, 0.25) is 0 Å². The van der Waals surface area contributed by atoms with Crippen LogP contribution in [0, 0.1) is 10.8 Å². The number of nitrogens with zero attached hydrogens (tertiary/aromatic N) is 11. The fourth-order valence-corrected chi connectivity index (χ4v) is 15.4. The van der Waals surface area contributed by atoms with Crippen molar-refractivity contribution in [1.29, 1.82) is 0 Å². The van der Waals surface area contributed by atoms with E-state index in [9.17, 15) is 29.2 Å². The first-order chi connectivity index (χ1) is 59.4. The van der Waals surface area contributed by atoms with Crippen molar-refractivity contribution < 1.29 is 81.6 Å². The maximum absolute atomic E-state index is 15.9. The number of likely N-dealkylation sites (N-methyl/N-ethyl adjacent to an activating group) is 2. The fourth-order valence-electron chi connectivity index (χ4n) is 15.4. The van der Waals surface area contributed by atoms with E-state index in [4.69, 9.17) is 29.4 Å². The Hall–Kier alpha value is -13.2. The summed E-state index contributed by atoms with van der Waals surface area (Å²) in [5.74, 6) is -6.41. The number of hydrogen-bond donors (Lipinski definition) is 8. The Kier molecular flexibility index (Phi) is 29.2. The molecule has 2 saturated heterocycles. The molecule has 2 aromatic heterocycles. The molecule has 8 bridgehead atoms. The van der Waals surface area contributed by atoms with Crippen molar-refractivity contribution >= 4 is 92.8 Å². The van der Waals surface area contributed by atoms with Crippen LogP contribution in [0.3, 0.4) is 0 Å². The van der Waals surface area contributed by atoms with E-state index in [1.165, 1.54) is 54.2 Å². The summed E-state index contributed by atoms with van der Waals surface area (Å²) < 4.78 is 31.9. The second kappa shape index (κ2) is 39.3. The molecule has 9 N–H and O–H groups in total. The van der Waals surface area contributed by atoms with Crippen LogP contribution in [0.25, 0.3) is 21.5 Å². The summed E-state index contributed by atoms with van der Waals surface area (Å²) in [5.41, 5.74) is 5.53. The SMILES string of the molecule is COC(=O)[C@@H]1Cc2ccc(cc2)OCc2cn(nn2)[C@@H]2CCN(C(=O)[C@@H](NC(=O)[C@H](C)N(C)C(=O)OC(C)(C)C)C(C)(C)C)[C@@H]2C(=O)N[C@@H](Cc2ccc3ccccc3c2)C(=O)N[C@H](/C(N)=N/O)Cc2ccc(cc2)OCc2cn(nn2)[C@@H]2CCN(C(=O)[C@@H](NC(=O)[C@H](C)N(C)C(=O)OC(C)(C)C)C(C)(C)C)[C@@H]2C(=O)N[C@@H](Cc2ccc3ccccc3c2)C(=O)N1. The second-order valence-electron chi connectivity index (χ2n) is 36.5. The van der Waals surface area contributed by atoms with Crippen LogP contribution in [-0.4, -0.2) is 232 Å². The predicted molar refractivity (Wildman–Crippen MR) is 465 cm³/mol. The van der Waals surface area contributed by atoms with Gasteiger partial charge < -0.3 is 76.3 Å². The molecule has 0 aliphatic carbocycles. The summed E-state index contributed by atoms with van der Waals surface area (Å²) in [6.45, 7) is 23.1. The van der Waals surface area contributed by atoms with Crippen LogP contribution < -0.4 is 47.1 Å². The number of benzene rings is 6. The summed E-state index contributed by atoms with van der Waals surface area (Å²) in [4.78, 5) is 168. The van der Waals surface area contributed by atoms with Crippen molar-refractivity contribution in [2.24, 2.45) is 21.7 Å². The van der Waals surface area contributed by atoms with Gasteiger partial charge in [-0.25, -0.2) is 23.7 Å². The molecule has 672 valence electrons. The Bertz CT molecular complexity index is 5340. The van der Waals surface area contributed by atoms with Crippen molar-refractivity contribution in [2.45, 2.75) is 232 Å². The molecule has 10 amide bonds.